The number of amides is 2. The van der Waals surface area contributed by atoms with Gasteiger partial charge in [-0.3, -0.25) is 9.59 Å². The van der Waals surface area contributed by atoms with Crippen LogP contribution in [0, 0.1) is 6.92 Å². The van der Waals surface area contributed by atoms with E-state index >= 15 is 0 Å². The van der Waals surface area contributed by atoms with E-state index < -0.39 is 22.0 Å². The smallest absolute Gasteiger partial charge is 0.262 e. The molecule has 0 radical (unpaired) electrons. The third-order valence-corrected chi connectivity index (χ3v) is 7.45. The zero-order chi connectivity index (χ0) is 21.5. The van der Waals surface area contributed by atoms with E-state index in [1.165, 1.54) is 16.4 Å². The van der Waals surface area contributed by atoms with E-state index in [2.05, 4.69) is 10.6 Å². The van der Waals surface area contributed by atoms with Crippen molar-refractivity contribution in [1.29, 1.82) is 0 Å². The molecule has 0 unspecified atom stereocenters. The number of benzene rings is 2. The molecule has 2 N–H and O–H groups in total. The Hall–Kier alpha value is -2.62. The van der Waals surface area contributed by atoms with Crippen LogP contribution in [0.4, 0.5) is 11.4 Å². The van der Waals surface area contributed by atoms with E-state index in [4.69, 9.17) is 16.3 Å². The lowest BCUT2D eigenvalue weighted by Gasteiger charge is -2.25. The fourth-order valence-electron chi connectivity index (χ4n) is 3.56. The third kappa shape index (κ3) is 3.88. The lowest BCUT2D eigenvalue weighted by molar-refractivity contribution is -0.119. The van der Waals surface area contributed by atoms with Crippen molar-refractivity contribution in [2.75, 3.05) is 23.8 Å². The minimum Gasteiger partial charge on any atom is -0.482 e. The van der Waals surface area contributed by atoms with Crippen molar-refractivity contribution >= 4 is 44.8 Å². The Morgan fingerprint density at radius 1 is 1.27 bits per heavy atom. The van der Waals surface area contributed by atoms with Crippen LogP contribution in [0.2, 0.25) is 5.02 Å². The van der Waals surface area contributed by atoms with Crippen molar-refractivity contribution in [1.82, 2.24) is 4.31 Å². The van der Waals surface area contributed by atoms with E-state index in [0.29, 0.717) is 24.2 Å². The summed E-state index contributed by atoms with van der Waals surface area (Å²) < 4.78 is 33.2. The van der Waals surface area contributed by atoms with E-state index in [0.717, 1.165) is 5.56 Å². The first kappa shape index (κ1) is 20.6. The molecule has 8 nitrogen and oxygen atoms in total. The Bertz CT molecular complexity index is 1120. The number of anilines is 2. The quantitative estimate of drug-likeness (QED) is 0.746. The first-order valence-corrected chi connectivity index (χ1v) is 11.2. The van der Waals surface area contributed by atoms with Crippen LogP contribution in [0.1, 0.15) is 18.4 Å². The van der Waals surface area contributed by atoms with Crippen molar-refractivity contribution in [3.63, 3.8) is 0 Å². The zero-order valence-electron chi connectivity index (χ0n) is 16.1. The number of nitrogens with one attached hydrogen (secondary N) is 2. The van der Waals surface area contributed by atoms with Gasteiger partial charge in [-0.05, 0) is 38.0 Å². The van der Waals surface area contributed by atoms with Crippen LogP contribution in [-0.2, 0) is 19.6 Å². The molecule has 2 aromatic carbocycles. The van der Waals surface area contributed by atoms with Crippen LogP contribution in [0.25, 0.3) is 0 Å². The Balaban J connectivity index is 1.61. The molecule has 2 heterocycles. The highest BCUT2D eigenvalue weighted by atomic mass is 35.5. The summed E-state index contributed by atoms with van der Waals surface area (Å²) in [6, 6.07) is 9.07. The summed E-state index contributed by atoms with van der Waals surface area (Å²) in [7, 11) is -4.06. The molecule has 0 bridgehead atoms. The summed E-state index contributed by atoms with van der Waals surface area (Å²) in [5.74, 6) is -0.517. The van der Waals surface area contributed by atoms with Crippen molar-refractivity contribution in [3.8, 4) is 5.75 Å². The molecule has 0 aromatic heterocycles. The molecule has 0 saturated carbocycles. The summed E-state index contributed by atoms with van der Waals surface area (Å²) in [6.07, 6.45) is 0.965. The summed E-state index contributed by atoms with van der Waals surface area (Å²) in [4.78, 5) is 24.1. The minimum atomic E-state index is -4.06. The molecule has 2 aromatic rings. The maximum atomic E-state index is 13.3. The minimum absolute atomic E-state index is 0.0517. The molecule has 2 aliphatic heterocycles. The average Bonchev–Trinajstić information content (AvgIpc) is 3.20. The predicted molar refractivity (Wildman–Crippen MR) is 112 cm³/mol. The van der Waals surface area contributed by atoms with Gasteiger partial charge in [0.2, 0.25) is 15.9 Å². The monoisotopic (exact) mass is 449 g/mol. The standard InChI is InChI=1S/C20H20ClN3O5S/c1-12-4-6-13(7-5-12)22-20(26)16-3-2-8-24(16)30(27,28)18-10-17-15(9-14(18)21)23-19(25)11-29-17/h4-7,9-10,16H,2-3,8,11H2,1H3,(H,22,26)(H,23,25)/t16-/m1/s1. The van der Waals surface area contributed by atoms with Crippen molar-refractivity contribution in [3.05, 3.63) is 47.0 Å². The number of halogens is 1. The Kier molecular flexibility index (Phi) is 5.44. The van der Waals surface area contributed by atoms with E-state index in [1.54, 1.807) is 12.1 Å². The number of ether oxygens (including phenoxy) is 1. The lowest BCUT2D eigenvalue weighted by atomic mass is 10.2. The van der Waals surface area contributed by atoms with Gasteiger partial charge in [0.1, 0.15) is 16.7 Å². The normalized spacial score (nSPS) is 19.0. The average molecular weight is 450 g/mol. The SMILES string of the molecule is Cc1ccc(NC(=O)[C@H]2CCCN2S(=O)(=O)c2cc3c(cc2Cl)NC(=O)CO3)cc1. The number of fused-ring (bicyclic) bond motifs is 1. The number of sulfonamides is 1. The summed E-state index contributed by atoms with van der Waals surface area (Å²) in [5, 5.41) is 5.32. The number of hydrogen-bond donors (Lipinski definition) is 2. The van der Waals surface area contributed by atoms with Gasteiger partial charge in [0, 0.05) is 18.3 Å². The van der Waals surface area contributed by atoms with Gasteiger partial charge in [-0.15, -0.1) is 0 Å². The van der Waals surface area contributed by atoms with Gasteiger partial charge in [-0.25, -0.2) is 8.42 Å². The predicted octanol–water partition coefficient (Wildman–Crippen LogP) is 2.77. The molecule has 1 fully saturated rings. The molecule has 0 aliphatic carbocycles. The maximum Gasteiger partial charge on any atom is 0.262 e. The second-order valence-electron chi connectivity index (χ2n) is 7.24. The number of carbonyl (C=O) groups is 2. The molecule has 1 atom stereocenters. The number of hydrogen-bond acceptors (Lipinski definition) is 5. The molecule has 1 saturated heterocycles. The Morgan fingerprint density at radius 3 is 2.73 bits per heavy atom. The Morgan fingerprint density at radius 2 is 2.00 bits per heavy atom. The second-order valence-corrected chi connectivity index (χ2v) is 9.51. The van der Waals surface area contributed by atoms with Crippen molar-refractivity contribution < 1.29 is 22.7 Å². The summed E-state index contributed by atoms with van der Waals surface area (Å²) in [6.45, 7) is 1.94. The van der Waals surface area contributed by atoms with Gasteiger partial charge in [0.15, 0.2) is 6.61 Å². The molecule has 2 amide bonds. The fraction of sp³-hybridized carbons (Fsp3) is 0.300. The fourth-order valence-corrected chi connectivity index (χ4v) is 5.73. The number of carbonyl (C=O) groups excluding carboxylic acids is 2. The first-order valence-electron chi connectivity index (χ1n) is 9.41. The van der Waals surface area contributed by atoms with Crippen molar-refractivity contribution in [2.45, 2.75) is 30.7 Å². The maximum absolute atomic E-state index is 13.3. The largest absolute Gasteiger partial charge is 0.482 e. The van der Waals surface area contributed by atoms with Crippen LogP contribution in [0.5, 0.6) is 5.75 Å². The van der Waals surface area contributed by atoms with Gasteiger partial charge in [0.05, 0.1) is 10.7 Å². The molecule has 158 valence electrons. The lowest BCUT2D eigenvalue weighted by Crippen LogP contribution is -2.43. The third-order valence-electron chi connectivity index (χ3n) is 5.08. The highest BCUT2D eigenvalue weighted by molar-refractivity contribution is 7.89. The number of aryl methyl sites for hydroxylation is 1. The van der Waals surface area contributed by atoms with E-state index in [1.807, 2.05) is 19.1 Å². The van der Waals surface area contributed by atoms with Gasteiger partial charge in [0.25, 0.3) is 5.91 Å². The van der Waals surface area contributed by atoms with E-state index in [-0.39, 0.29) is 34.7 Å². The molecular formula is C20H20ClN3O5S. The molecule has 30 heavy (non-hydrogen) atoms. The van der Waals surface area contributed by atoms with Crippen LogP contribution >= 0.6 is 11.6 Å². The molecule has 2 aliphatic rings. The number of nitrogens with zero attached hydrogens (tertiary/aromatic N) is 1. The molecular weight excluding hydrogens is 430 g/mol. The highest BCUT2D eigenvalue weighted by Crippen LogP contribution is 2.38. The van der Waals surface area contributed by atoms with Crippen LogP contribution < -0.4 is 15.4 Å². The van der Waals surface area contributed by atoms with Gasteiger partial charge in [-0.2, -0.15) is 4.31 Å². The summed E-state index contributed by atoms with van der Waals surface area (Å²) >= 11 is 6.23. The molecule has 10 heteroatoms. The van der Waals surface area contributed by atoms with Crippen LogP contribution in [0.3, 0.4) is 0 Å². The molecule has 0 spiro atoms. The molecule has 4 rings (SSSR count). The van der Waals surface area contributed by atoms with Gasteiger partial charge >= 0.3 is 0 Å². The van der Waals surface area contributed by atoms with Gasteiger partial charge in [-0.1, -0.05) is 29.3 Å². The first-order chi connectivity index (χ1) is 14.3. The second kappa shape index (κ2) is 7.90. The van der Waals surface area contributed by atoms with Gasteiger partial charge < -0.3 is 15.4 Å². The van der Waals surface area contributed by atoms with Crippen LogP contribution in [0.15, 0.2) is 41.3 Å². The summed E-state index contributed by atoms with van der Waals surface area (Å²) in [5.41, 5.74) is 1.97. The Labute approximate surface area is 179 Å². The topological polar surface area (TPSA) is 105 Å². The number of rotatable bonds is 4. The zero-order valence-corrected chi connectivity index (χ0v) is 17.7. The highest BCUT2D eigenvalue weighted by Gasteiger charge is 2.41. The van der Waals surface area contributed by atoms with E-state index in [9.17, 15) is 18.0 Å². The van der Waals surface area contributed by atoms with Crippen LogP contribution in [-0.4, -0.2) is 43.7 Å². The van der Waals surface area contributed by atoms with Crippen molar-refractivity contribution in [2.24, 2.45) is 0 Å².